The quantitative estimate of drug-likeness (QED) is 0.421. The zero-order valence-electron chi connectivity index (χ0n) is 18.6. The first-order valence-corrected chi connectivity index (χ1v) is 10.6. The highest BCUT2D eigenvalue weighted by molar-refractivity contribution is 5.92. The van der Waals surface area contributed by atoms with E-state index in [2.05, 4.69) is 15.4 Å². The lowest BCUT2D eigenvalue weighted by molar-refractivity contribution is 0.628. The van der Waals surface area contributed by atoms with E-state index in [1.54, 1.807) is 16.8 Å². The molecule has 0 spiro atoms. The fourth-order valence-electron chi connectivity index (χ4n) is 4.04. The van der Waals surface area contributed by atoms with Gasteiger partial charge < -0.3 is 10.3 Å². The molecule has 0 amide bonds. The van der Waals surface area contributed by atoms with Crippen molar-refractivity contribution < 1.29 is 4.39 Å². The van der Waals surface area contributed by atoms with Crippen LogP contribution in [-0.2, 0) is 13.6 Å². The Morgan fingerprint density at radius 1 is 1.03 bits per heavy atom. The number of hydrogen-bond acceptors (Lipinski definition) is 4. The molecule has 7 nitrogen and oxygen atoms in total. The van der Waals surface area contributed by atoms with Gasteiger partial charge in [-0.1, -0.05) is 18.2 Å². The summed E-state index contributed by atoms with van der Waals surface area (Å²) < 4.78 is 17.1. The fraction of sp³-hybridized carbons (Fsp3) is 0.160. The van der Waals surface area contributed by atoms with Crippen molar-refractivity contribution in [2.24, 2.45) is 7.05 Å². The monoisotopic (exact) mass is 442 g/mol. The summed E-state index contributed by atoms with van der Waals surface area (Å²) in [6.07, 6.45) is 0. The zero-order valence-corrected chi connectivity index (χ0v) is 18.6. The number of hydrogen-bond donors (Lipinski definition) is 2. The second-order valence-corrected chi connectivity index (χ2v) is 8.01. The number of halogens is 1. The number of rotatable bonds is 5. The molecule has 2 N–H and O–H groups in total. The van der Waals surface area contributed by atoms with Crippen molar-refractivity contribution in [3.8, 4) is 16.9 Å². The summed E-state index contributed by atoms with van der Waals surface area (Å²) in [5, 5.41) is 13.3. The van der Waals surface area contributed by atoms with Crippen LogP contribution in [0.25, 0.3) is 28.0 Å². The fourth-order valence-corrected chi connectivity index (χ4v) is 4.04. The number of aryl methyl sites for hydroxylation is 2. The number of fused-ring (bicyclic) bond motifs is 1. The van der Waals surface area contributed by atoms with Crippen LogP contribution in [0, 0.1) is 19.7 Å². The average molecular weight is 442 g/mol. The van der Waals surface area contributed by atoms with Crippen LogP contribution in [0.1, 0.15) is 17.0 Å². The summed E-state index contributed by atoms with van der Waals surface area (Å²) in [4.78, 5) is 16.0. The first-order valence-electron chi connectivity index (χ1n) is 10.6. The smallest absolute Gasteiger partial charge is 0.254 e. The summed E-state index contributed by atoms with van der Waals surface area (Å²) in [5.41, 5.74) is 5.99. The SMILES string of the molecule is Cc1nn(C)c(C)c1NCc1cc2c(-c3ccc(F)cc3)nn(-c3ccccc3)c2[nH]c1=O. The van der Waals surface area contributed by atoms with E-state index in [-0.39, 0.29) is 11.4 Å². The molecule has 33 heavy (non-hydrogen) atoms. The molecule has 5 aromatic rings. The molecule has 0 aliphatic heterocycles. The molecule has 0 saturated heterocycles. The molecule has 8 heteroatoms. The molecule has 2 aromatic carbocycles. The predicted octanol–water partition coefficient (Wildman–Crippen LogP) is 4.48. The summed E-state index contributed by atoms with van der Waals surface area (Å²) in [6, 6.07) is 17.6. The summed E-state index contributed by atoms with van der Waals surface area (Å²) in [6.45, 7) is 4.24. The van der Waals surface area contributed by atoms with Gasteiger partial charge in [-0.3, -0.25) is 9.48 Å². The average Bonchev–Trinajstić information content (AvgIpc) is 3.29. The highest BCUT2D eigenvalue weighted by Gasteiger charge is 2.17. The number of pyridine rings is 1. The second-order valence-electron chi connectivity index (χ2n) is 8.01. The van der Waals surface area contributed by atoms with Gasteiger partial charge in [-0.2, -0.15) is 10.2 Å². The standard InChI is InChI=1S/C25H23FN6O/c1-15-22(16(2)31(3)29-15)27-14-18-13-21-23(17-9-11-19(26)12-10-17)30-32(24(21)28-25(18)33)20-7-5-4-6-8-20/h4-13,27H,14H2,1-3H3,(H,28,33). The minimum absolute atomic E-state index is 0.197. The van der Waals surface area contributed by atoms with Crippen molar-refractivity contribution in [1.82, 2.24) is 24.5 Å². The van der Waals surface area contributed by atoms with Crippen LogP contribution < -0.4 is 10.9 Å². The van der Waals surface area contributed by atoms with E-state index in [1.165, 1.54) is 12.1 Å². The van der Waals surface area contributed by atoms with Crippen LogP contribution >= 0.6 is 0 Å². The second kappa shape index (κ2) is 8.05. The van der Waals surface area contributed by atoms with Gasteiger partial charge in [0.2, 0.25) is 0 Å². The van der Waals surface area contributed by atoms with Gasteiger partial charge in [-0.25, -0.2) is 9.07 Å². The molecular formula is C25H23FN6O. The topological polar surface area (TPSA) is 80.5 Å². The maximum absolute atomic E-state index is 13.5. The van der Waals surface area contributed by atoms with Crippen LogP contribution in [0.2, 0.25) is 0 Å². The number of benzene rings is 2. The number of nitrogens with one attached hydrogen (secondary N) is 2. The molecule has 166 valence electrons. The molecule has 0 radical (unpaired) electrons. The third kappa shape index (κ3) is 3.69. The number of nitrogens with zero attached hydrogens (tertiary/aromatic N) is 4. The molecule has 0 bridgehead atoms. The highest BCUT2D eigenvalue weighted by Crippen LogP contribution is 2.29. The maximum Gasteiger partial charge on any atom is 0.254 e. The number of anilines is 1. The van der Waals surface area contributed by atoms with E-state index in [9.17, 15) is 9.18 Å². The normalized spacial score (nSPS) is 11.3. The van der Waals surface area contributed by atoms with Gasteiger partial charge in [0.25, 0.3) is 5.56 Å². The third-order valence-corrected chi connectivity index (χ3v) is 5.85. The lowest BCUT2D eigenvalue weighted by atomic mass is 10.1. The summed E-state index contributed by atoms with van der Waals surface area (Å²) >= 11 is 0. The maximum atomic E-state index is 13.5. The van der Waals surface area contributed by atoms with Gasteiger partial charge >= 0.3 is 0 Å². The summed E-state index contributed by atoms with van der Waals surface area (Å²) in [5.74, 6) is -0.314. The minimum atomic E-state index is -0.314. The molecule has 0 aliphatic rings. The minimum Gasteiger partial charge on any atom is -0.378 e. The largest absolute Gasteiger partial charge is 0.378 e. The molecular weight excluding hydrogens is 419 g/mol. The lowest BCUT2D eigenvalue weighted by Crippen LogP contribution is -2.17. The van der Waals surface area contributed by atoms with Gasteiger partial charge in [0.15, 0.2) is 0 Å². The number of H-pyrrole nitrogens is 1. The van der Waals surface area contributed by atoms with E-state index < -0.39 is 0 Å². The van der Waals surface area contributed by atoms with Crippen LogP contribution in [0.5, 0.6) is 0 Å². The van der Waals surface area contributed by atoms with Gasteiger partial charge in [-0.05, 0) is 56.3 Å². The lowest BCUT2D eigenvalue weighted by Gasteiger charge is -2.08. The highest BCUT2D eigenvalue weighted by atomic mass is 19.1. The van der Waals surface area contributed by atoms with E-state index in [0.717, 1.165) is 33.7 Å². The van der Waals surface area contributed by atoms with Crippen LogP contribution in [0.3, 0.4) is 0 Å². The Morgan fingerprint density at radius 2 is 1.76 bits per heavy atom. The van der Waals surface area contributed by atoms with Gasteiger partial charge in [0, 0.05) is 30.1 Å². The van der Waals surface area contributed by atoms with Crippen LogP contribution in [0.15, 0.2) is 65.5 Å². The van der Waals surface area contributed by atoms with Crippen LogP contribution in [-0.4, -0.2) is 24.5 Å². The molecule has 0 atom stereocenters. The molecule has 0 unspecified atom stereocenters. The first kappa shape index (κ1) is 20.7. The molecule has 0 aliphatic carbocycles. The Balaban J connectivity index is 1.64. The van der Waals surface area contributed by atoms with E-state index >= 15 is 0 Å². The molecule has 0 fully saturated rings. The van der Waals surface area contributed by atoms with E-state index in [1.807, 2.05) is 62.0 Å². The zero-order chi connectivity index (χ0) is 23.1. The van der Waals surface area contributed by atoms with Crippen molar-refractivity contribution in [1.29, 1.82) is 0 Å². The predicted molar refractivity (Wildman–Crippen MR) is 127 cm³/mol. The Labute approximate surface area is 189 Å². The van der Waals surface area contributed by atoms with Gasteiger partial charge in [0.05, 0.1) is 22.8 Å². The number of aromatic amines is 1. The summed E-state index contributed by atoms with van der Waals surface area (Å²) in [7, 11) is 1.89. The Morgan fingerprint density at radius 3 is 2.42 bits per heavy atom. The van der Waals surface area contributed by atoms with Crippen molar-refractivity contribution in [2.75, 3.05) is 5.32 Å². The Hall–Kier alpha value is -4.20. The first-order chi connectivity index (χ1) is 15.9. The Kier molecular flexibility index (Phi) is 5.05. The van der Waals surface area contributed by atoms with Crippen molar-refractivity contribution in [2.45, 2.75) is 20.4 Å². The molecule has 3 aromatic heterocycles. The van der Waals surface area contributed by atoms with Crippen LogP contribution in [0.4, 0.5) is 10.1 Å². The molecule has 0 saturated carbocycles. The van der Waals surface area contributed by atoms with Gasteiger partial charge in [0.1, 0.15) is 17.2 Å². The van der Waals surface area contributed by atoms with E-state index in [4.69, 9.17) is 5.10 Å². The number of para-hydroxylation sites is 1. The van der Waals surface area contributed by atoms with E-state index in [0.29, 0.717) is 23.4 Å². The third-order valence-electron chi connectivity index (χ3n) is 5.85. The number of aromatic nitrogens is 5. The molecule has 3 heterocycles. The van der Waals surface area contributed by atoms with Crippen molar-refractivity contribution >= 4 is 16.7 Å². The molecule has 5 rings (SSSR count). The van der Waals surface area contributed by atoms with Crippen molar-refractivity contribution in [3.63, 3.8) is 0 Å². The van der Waals surface area contributed by atoms with Crippen molar-refractivity contribution in [3.05, 3.63) is 93.8 Å². The van der Waals surface area contributed by atoms with Gasteiger partial charge in [-0.15, -0.1) is 0 Å². The Bertz CT molecular complexity index is 1510.